The van der Waals surface area contributed by atoms with Crippen LogP contribution in [0.4, 0.5) is 10.1 Å². The molecular formula is C20H30Cl2FN3O. The van der Waals surface area contributed by atoms with Crippen LogP contribution in [-0.4, -0.2) is 37.1 Å². The molecule has 0 bridgehead atoms. The number of nitrogens with one attached hydrogen (secondary N) is 2. The first-order chi connectivity index (χ1) is 12.2. The van der Waals surface area contributed by atoms with Crippen molar-refractivity contribution in [3.05, 3.63) is 30.1 Å². The van der Waals surface area contributed by atoms with E-state index in [4.69, 9.17) is 0 Å². The molecular weight excluding hydrogens is 388 g/mol. The average Bonchev–Trinajstić information content (AvgIpc) is 3.06. The van der Waals surface area contributed by atoms with Crippen molar-refractivity contribution in [1.29, 1.82) is 0 Å². The second kappa shape index (κ2) is 9.94. The third-order valence-electron chi connectivity index (χ3n) is 6.12. The smallest absolute Gasteiger partial charge is 0.237 e. The highest BCUT2D eigenvalue weighted by atomic mass is 35.5. The number of carbonyl (C=O) groups is 1. The molecule has 2 saturated heterocycles. The lowest BCUT2D eigenvalue weighted by molar-refractivity contribution is -0.123. The van der Waals surface area contributed by atoms with E-state index < -0.39 is 0 Å². The lowest BCUT2D eigenvalue weighted by Gasteiger charge is -2.35. The molecule has 27 heavy (non-hydrogen) atoms. The fraction of sp³-hybridized carbons (Fsp3) is 0.650. The van der Waals surface area contributed by atoms with Gasteiger partial charge in [0.15, 0.2) is 0 Å². The van der Waals surface area contributed by atoms with Gasteiger partial charge in [-0.25, -0.2) is 4.39 Å². The number of anilines is 1. The maximum absolute atomic E-state index is 13.5. The van der Waals surface area contributed by atoms with Crippen molar-refractivity contribution >= 4 is 36.4 Å². The highest BCUT2D eigenvalue weighted by Gasteiger charge is 2.38. The summed E-state index contributed by atoms with van der Waals surface area (Å²) >= 11 is 0. The van der Waals surface area contributed by atoms with E-state index in [0.717, 1.165) is 38.0 Å². The number of amides is 1. The molecule has 4 atom stereocenters. The summed E-state index contributed by atoms with van der Waals surface area (Å²) in [6.07, 6.45) is 8.07. The van der Waals surface area contributed by atoms with Crippen molar-refractivity contribution in [3.63, 3.8) is 0 Å². The lowest BCUT2D eigenvalue weighted by atomic mass is 9.85. The van der Waals surface area contributed by atoms with Gasteiger partial charge in [0.05, 0.1) is 6.04 Å². The molecule has 4 nitrogen and oxygen atoms in total. The van der Waals surface area contributed by atoms with Gasteiger partial charge in [0.25, 0.3) is 0 Å². The van der Waals surface area contributed by atoms with Crippen molar-refractivity contribution in [1.82, 2.24) is 10.6 Å². The van der Waals surface area contributed by atoms with Gasteiger partial charge in [-0.05, 0) is 56.2 Å². The minimum Gasteiger partial charge on any atom is -0.369 e. The lowest BCUT2D eigenvalue weighted by Crippen LogP contribution is -2.52. The number of benzene rings is 1. The van der Waals surface area contributed by atoms with E-state index in [1.807, 2.05) is 6.07 Å². The van der Waals surface area contributed by atoms with Gasteiger partial charge in [-0.1, -0.05) is 18.9 Å². The van der Waals surface area contributed by atoms with Crippen LogP contribution in [0, 0.1) is 11.7 Å². The second-order valence-corrected chi connectivity index (χ2v) is 7.88. The number of carbonyl (C=O) groups excluding carboxylic acids is 1. The van der Waals surface area contributed by atoms with Crippen molar-refractivity contribution in [2.45, 2.75) is 63.1 Å². The van der Waals surface area contributed by atoms with Crippen molar-refractivity contribution in [2.24, 2.45) is 5.92 Å². The van der Waals surface area contributed by atoms with E-state index in [2.05, 4.69) is 15.5 Å². The summed E-state index contributed by atoms with van der Waals surface area (Å²) in [5.41, 5.74) is 0.906. The first-order valence-corrected chi connectivity index (χ1v) is 9.76. The monoisotopic (exact) mass is 417 g/mol. The van der Waals surface area contributed by atoms with Gasteiger partial charge in [0.2, 0.25) is 5.91 Å². The van der Waals surface area contributed by atoms with Gasteiger partial charge in [-0.2, -0.15) is 0 Å². The molecule has 4 unspecified atom stereocenters. The van der Waals surface area contributed by atoms with Gasteiger partial charge in [-0.3, -0.25) is 4.79 Å². The van der Waals surface area contributed by atoms with Gasteiger partial charge in [0, 0.05) is 30.9 Å². The molecule has 0 aromatic heterocycles. The number of fused-ring (bicyclic) bond motifs is 1. The molecule has 152 valence electrons. The first kappa shape index (κ1) is 22.3. The molecule has 1 saturated carbocycles. The van der Waals surface area contributed by atoms with Crippen LogP contribution in [0.5, 0.6) is 0 Å². The number of hydrogen-bond acceptors (Lipinski definition) is 3. The third kappa shape index (κ3) is 5.27. The fourth-order valence-electron chi connectivity index (χ4n) is 4.83. The van der Waals surface area contributed by atoms with E-state index in [-0.39, 0.29) is 48.6 Å². The second-order valence-electron chi connectivity index (χ2n) is 7.88. The summed E-state index contributed by atoms with van der Waals surface area (Å²) in [4.78, 5) is 14.9. The average molecular weight is 418 g/mol. The van der Waals surface area contributed by atoms with Gasteiger partial charge in [-0.15, -0.1) is 24.8 Å². The number of nitrogens with zero attached hydrogens (tertiary/aromatic N) is 1. The van der Waals surface area contributed by atoms with E-state index in [1.165, 1.54) is 31.7 Å². The minimum atomic E-state index is -0.207. The Morgan fingerprint density at radius 2 is 1.96 bits per heavy atom. The Hall–Kier alpha value is -1.04. The van der Waals surface area contributed by atoms with Crippen molar-refractivity contribution in [2.75, 3.05) is 18.0 Å². The van der Waals surface area contributed by atoms with Crippen LogP contribution in [0.1, 0.15) is 44.9 Å². The number of hydrogen-bond donors (Lipinski definition) is 2. The molecule has 1 amide bonds. The van der Waals surface area contributed by atoms with E-state index in [9.17, 15) is 9.18 Å². The molecule has 2 N–H and O–H groups in total. The van der Waals surface area contributed by atoms with Crippen LogP contribution in [-0.2, 0) is 4.79 Å². The first-order valence-electron chi connectivity index (χ1n) is 9.76. The van der Waals surface area contributed by atoms with Gasteiger partial charge < -0.3 is 15.5 Å². The van der Waals surface area contributed by atoms with Gasteiger partial charge >= 0.3 is 0 Å². The normalized spacial score (nSPS) is 29.9. The van der Waals surface area contributed by atoms with Crippen LogP contribution in [0.25, 0.3) is 0 Å². The highest BCUT2D eigenvalue weighted by molar-refractivity contribution is 5.85. The minimum absolute atomic E-state index is 0. The molecule has 0 radical (unpaired) electrons. The molecule has 1 aliphatic carbocycles. The molecule has 3 aliphatic rings. The third-order valence-corrected chi connectivity index (χ3v) is 6.12. The zero-order chi connectivity index (χ0) is 17.2. The summed E-state index contributed by atoms with van der Waals surface area (Å²) < 4.78 is 13.5. The summed E-state index contributed by atoms with van der Waals surface area (Å²) in [6.45, 7) is 1.68. The number of halogens is 3. The Bertz CT molecular complexity index is 619. The molecule has 4 rings (SSSR count). The van der Waals surface area contributed by atoms with E-state index >= 15 is 0 Å². The van der Waals surface area contributed by atoms with Crippen LogP contribution < -0.4 is 15.5 Å². The molecule has 0 spiro atoms. The summed E-state index contributed by atoms with van der Waals surface area (Å²) in [6, 6.07) is 7.39. The predicted octanol–water partition coefficient (Wildman–Crippen LogP) is 3.68. The quantitative estimate of drug-likeness (QED) is 0.788. The van der Waals surface area contributed by atoms with Crippen LogP contribution >= 0.6 is 24.8 Å². The van der Waals surface area contributed by atoms with E-state index in [1.54, 1.807) is 12.1 Å². The maximum Gasteiger partial charge on any atom is 0.237 e. The van der Waals surface area contributed by atoms with Crippen LogP contribution in [0.2, 0.25) is 0 Å². The fourth-order valence-corrected chi connectivity index (χ4v) is 4.83. The number of rotatable bonds is 3. The van der Waals surface area contributed by atoms with Gasteiger partial charge in [0.1, 0.15) is 5.82 Å². The summed E-state index contributed by atoms with van der Waals surface area (Å²) in [5.74, 6) is 0.626. The van der Waals surface area contributed by atoms with Crippen LogP contribution in [0.3, 0.4) is 0 Å². The zero-order valence-corrected chi connectivity index (χ0v) is 17.2. The van der Waals surface area contributed by atoms with Crippen molar-refractivity contribution < 1.29 is 9.18 Å². The Morgan fingerprint density at radius 1 is 1.15 bits per heavy atom. The summed E-state index contributed by atoms with van der Waals surface area (Å²) in [5, 5.41) is 6.81. The molecule has 2 aliphatic heterocycles. The molecule has 2 heterocycles. The Morgan fingerprint density at radius 3 is 2.74 bits per heavy atom. The molecule has 1 aromatic carbocycles. The van der Waals surface area contributed by atoms with Crippen molar-refractivity contribution in [3.8, 4) is 0 Å². The SMILES string of the molecule is Cl.Cl.O=C(NC1CCCN(c2cccc(F)c2)C1)C1CC2CCCCC2N1. The number of piperidine rings is 1. The Balaban J connectivity index is 0.00000131. The van der Waals surface area contributed by atoms with Crippen LogP contribution in [0.15, 0.2) is 24.3 Å². The standard InChI is InChI=1S/C20H28FN3O.2ClH/c21-15-6-3-8-17(12-15)24-10-4-7-16(13-24)22-20(25)19-11-14-5-1-2-9-18(14)23-19;;/h3,6,8,12,14,16,18-19,23H,1-2,4-5,7,9-11,13H2,(H,22,25);2*1H. The maximum atomic E-state index is 13.5. The van der Waals surface area contributed by atoms with E-state index in [0.29, 0.717) is 12.0 Å². The molecule has 7 heteroatoms. The Kier molecular flexibility index (Phi) is 8.20. The summed E-state index contributed by atoms with van der Waals surface area (Å²) in [7, 11) is 0. The zero-order valence-electron chi connectivity index (χ0n) is 15.5. The highest BCUT2D eigenvalue weighted by Crippen LogP contribution is 2.33. The molecule has 3 fully saturated rings. The molecule has 1 aromatic rings. The topological polar surface area (TPSA) is 44.4 Å². The Labute approximate surface area is 173 Å². The largest absolute Gasteiger partial charge is 0.369 e. The predicted molar refractivity (Wildman–Crippen MR) is 112 cm³/mol.